The van der Waals surface area contributed by atoms with Crippen LogP contribution in [0.2, 0.25) is 0 Å². The Bertz CT molecular complexity index is 779. The highest BCUT2D eigenvalue weighted by Gasteiger charge is 2.59. The second-order valence-electron chi connectivity index (χ2n) is 9.84. The largest absolute Gasteiger partial charge is 0.472 e. The molecule has 1 aromatic heterocycles. The highest BCUT2D eigenvalue weighted by Crippen LogP contribution is 2.59. The van der Waals surface area contributed by atoms with Crippen LogP contribution in [0, 0.1) is 17.3 Å². The summed E-state index contributed by atoms with van der Waals surface area (Å²) in [6, 6.07) is 1.86. The molecule has 1 spiro atoms. The van der Waals surface area contributed by atoms with Gasteiger partial charge in [-0.3, -0.25) is 9.59 Å². The molecule has 0 bridgehead atoms. The van der Waals surface area contributed by atoms with Gasteiger partial charge in [-0.2, -0.15) is 0 Å². The van der Waals surface area contributed by atoms with Gasteiger partial charge in [0.1, 0.15) is 11.7 Å². The first-order chi connectivity index (χ1) is 13.5. The highest BCUT2D eigenvalue weighted by molar-refractivity contribution is 5.81. The molecule has 1 aliphatic carbocycles. The van der Waals surface area contributed by atoms with E-state index in [1.54, 1.807) is 12.5 Å². The summed E-state index contributed by atoms with van der Waals surface area (Å²) >= 11 is 0. The molecular formula is C24H34O5. The van der Waals surface area contributed by atoms with Crippen molar-refractivity contribution in [3.8, 4) is 0 Å². The van der Waals surface area contributed by atoms with Crippen molar-refractivity contribution in [3.05, 3.63) is 35.3 Å². The third-order valence-corrected chi connectivity index (χ3v) is 6.54. The lowest BCUT2D eigenvalue weighted by Gasteiger charge is -2.45. The number of rotatable bonds is 4. The third-order valence-electron chi connectivity index (χ3n) is 6.54. The molecule has 0 amide bonds. The molecule has 2 aliphatic rings. The van der Waals surface area contributed by atoms with Crippen LogP contribution in [0.25, 0.3) is 0 Å². The van der Waals surface area contributed by atoms with Crippen LogP contribution in [0.5, 0.6) is 0 Å². The van der Waals surface area contributed by atoms with Gasteiger partial charge in [-0.25, -0.2) is 0 Å². The summed E-state index contributed by atoms with van der Waals surface area (Å²) in [5.74, 6) is -0.160. The summed E-state index contributed by atoms with van der Waals surface area (Å²) in [5, 5.41) is 0. The number of ether oxygens (including phenoxy) is 2. The Morgan fingerprint density at radius 3 is 2.62 bits per heavy atom. The average Bonchev–Trinajstić information content (AvgIpc) is 3.23. The third kappa shape index (κ3) is 4.29. The van der Waals surface area contributed by atoms with E-state index < -0.39 is 11.0 Å². The standard InChI is InChI=1S/C24H34O5/c1-15(2)18-8-7-16(3)24(19(18)9-10-21(25)29-23(4,5)6)13-20(28-22(24)26)17-11-12-27-14-17/h11-12,14,16,19-20H,7-10,13H2,1-6H3/t16-,19+,20+,24-/m1/s1. The predicted octanol–water partition coefficient (Wildman–Crippen LogP) is 5.76. The van der Waals surface area contributed by atoms with E-state index in [0.29, 0.717) is 19.3 Å². The number of carbonyl (C=O) groups excluding carboxylic acids is 2. The minimum atomic E-state index is -0.602. The van der Waals surface area contributed by atoms with Crippen molar-refractivity contribution in [2.24, 2.45) is 17.3 Å². The van der Waals surface area contributed by atoms with Crippen LogP contribution in [-0.4, -0.2) is 17.5 Å². The summed E-state index contributed by atoms with van der Waals surface area (Å²) < 4.78 is 16.6. The van der Waals surface area contributed by atoms with Crippen LogP contribution in [-0.2, 0) is 19.1 Å². The molecule has 2 heterocycles. The summed E-state index contributed by atoms with van der Waals surface area (Å²) in [7, 11) is 0. The molecule has 0 radical (unpaired) electrons. The number of allylic oxidation sites excluding steroid dienone is 2. The number of cyclic esters (lactones) is 1. The second-order valence-corrected chi connectivity index (χ2v) is 9.84. The van der Waals surface area contributed by atoms with E-state index in [-0.39, 0.29) is 29.9 Å². The van der Waals surface area contributed by atoms with Crippen molar-refractivity contribution in [1.82, 2.24) is 0 Å². The van der Waals surface area contributed by atoms with Crippen LogP contribution in [0.3, 0.4) is 0 Å². The fraction of sp³-hybridized carbons (Fsp3) is 0.667. The molecule has 4 atom stereocenters. The Morgan fingerprint density at radius 2 is 2.03 bits per heavy atom. The Hall–Kier alpha value is -2.04. The monoisotopic (exact) mass is 402 g/mol. The molecule has 1 saturated carbocycles. The van der Waals surface area contributed by atoms with Gasteiger partial charge in [-0.1, -0.05) is 18.1 Å². The van der Waals surface area contributed by atoms with Gasteiger partial charge >= 0.3 is 11.9 Å². The van der Waals surface area contributed by atoms with E-state index in [0.717, 1.165) is 18.4 Å². The molecular weight excluding hydrogens is 368 g/mol. The molecule has 5 nitrogen and oxygen atoms in total. The lowest BCUT2D eigenvalue weighted by molar-refractivity contribution is -0.159. The molecule has 160 valence electrons. The molecule has 1 aliphatic heterocycles. The molecule has 0 aromatic carbocycles. The maximum atomic E-state index is 13.3. The fourth-order valence-electron chi connectivity index (χ4n) is 5.14. The molecule has 2 fully saturated rings. The molecule has 29 heavy (non-hydrogen) atoms. The zero-order chi connectivity index (χ0) is 21.4. The van der Waals surface area contributed by atoms with E-state index in [1.165, 1.54) is 11.1 Å². The fourth-order valence-corrected chi connectivity index (χ4v) is 5.14. The molecule has 0 unspecified atom stereocenters. The first kappa shape index (κ1) is 21.7. The van der Waals surface area contributed by atoms with Gasteiger partial charge < -0.3 is 13.9 Å². The first-order valence-corrected chi connectivity index (χ1v) is 10.7. The highest BCUT2D eigenvalue weighted by atomic mass is 16.6. The van der Waals surface area contributed by atoms with Crippen LogP contribution < -0.4 is 0 Å². The number of carbonyl (C=O) groups is 2. The van der Waals surface area contributed by atoms with Crippen LogP contribution in [0.1, 0.15) is 85.3 Å². The number of furan rings is 1. The van der Waals surface area contributed by atoms with Gasteiger partial charge in [0.25, 0.3) is 0 Å². The summed E-state index contributed by atoms with van der Waals surface area (Å²) in [5.41, 5.74) is 2.33. The normalized spacial score (nSPS) is 29.8. The summed E-state index contributed by atoms with van der Waals surface area (Å²) in [4.78, 5) is 25.8. The minimum absolute atomic E-state index is 0.00632. The Balaban J connectivity index is 1.90. The minimum Gasteiger partial charge on any atom is -0.472 e. The van der Waals surface area contributed by atoms with E-state index >= 15 is 0 Å². The topological polar surface area (TPSA) is 65.7 Å². The lowest BCUT2D eigenvalue weighted by Crippen LogP contribution is -2.45. The molecule has 5 heteroatoms. The van der Waals surface area contributed by atoms with Gasteiger partial charge in [0, 0.05) is 18.4 Å². The van der Waals surface area contributed by atoms with Gasteiger partial charge in [0.15, 0.2) is 0 Å². The Kier molecular flexibility index (Phi) is 5.98. The van der Waals surface area contributed by atoms with Crippen LogP contribution in [0.4, 0.5) is 0 Å². The smallest absolute Gasteiger partial charge is 0.313 e. The van der Waals surface area contributed by atoms with E-state index in [1.807, 2.05) is 26.8 Å². The summed E-state index contributed by atoms with van der Waals surface area (Å²) in [6.07, 6.45) is 6.43. The summed E-state index contributed by atoms with van der Waals surface area (Å²) in [6.45, 7) is 12.0. The number of hydrogen-bond acceptors (Lipinski definition) is 5. The molecule has 0 N–H and O–H groups in total. The average molecular weight is 403 g/mol. The zero-order valence-corrected chi connectivity index (χ0v) is 18.5. The van der Waals surface area contributed by atoms with Crippen LogP contribution >= 0.6 is 0 Å². The lowest BCUT2D eigenvalue weighted by atomic mass is 9.55. The van der Waals surface area contributed by atoms with Gasteiger partial charge in [-0.15, -0.1) is 0 Å². The molecule has 1 aromatic rings. The first-order valence-electron chi connectivity index (χ1n) is 10.7. The van der Waals surface area contributed by atoms with Crippen LogP contribution in [0.15, 0.2) is 34.2 Å². The zero-order valence-electron chi connectivity index (χ0n) is 18.5. The van der Waals surface area contributed by atoms with Gasteiger partial charge in [0.2, 0.25) is 0 Å². The quantitative estimate of drug-likeness (QED) is 0.473. The second kappa shape index (κ2) is 8.00. The maximum Gasteiger partial charge on any atom is 0.313 e. The molecule has 1 saturated heterocycles. The van der Waals surface area contributed by atoms with Crippen molar-refractivity contribution in [2.75, 3.05) is 0 Å². The van der Waals surface area contributed by atoms with E-state index in [2.05, 4.69) is 20.8 Å². The Morgan fingerprint density at radius 1 is 1.31 bits per heavy atom. The van der Waals surface area contributed by atoms with Crippen molar-refractivity contribution in [3.63, 3.8) is 0 Å². The van der Waals surface area contributed by atoms with Crippen molar-refractivity contribution >= 4 is 11.9 Å². The predicted molar refractivity (Wildman–Crippen MR) is 110 cm³/mol. The van der Waals surface area contributed by atoms with E-state index in [9.17, 15) is 9.59 Å². The van der Waals surface area contributed by atoms with Gasteiger partial charge in [-0.05, 0) is 71.8 Å². The Labute approximate surface area is 173 Å². The number of hydrogen-bond donors (Lipinski definition) is 0. The van der Waals surface area contributed by atoms with E-state index in [4.69, 9.17) is 13.9 Å². The number of esters is 2. The van der Waals surface area contributed by atoms with Crippen molar-refractivity contribution < 1.29 is 23.5 Å². The SMILES string of the molecule is CC(C)=C1CC[C@@H](C)[C@]2(C[C@@H](c3ccoc3)OC2=O)[C@H]1CCC(=O)OC(C)(C)C. The van der Waals surface area contributed by atoms with Crippen molar-refractivity contribution in [2.45, 2.75) is 85.4 Å². The van der Waals surface area contributed by atoms with Gasteiger partial charge in [0.05, 0.1) is 17.9 Å². The van der Waals surface area contributed by atoms with Crippen molar-refractivity contribution in [1.29, 1.82) is 0 Å². The maximum absolute atomic E-state index is 13.3. The molecule has 3 rings (SSSR count).